The third-order valence-electron chi connectivity index (χ3n) is 2.58. The molecule has 1 aromatic carbocycles. The van der Waals surface area contributed by atoms with Crippen LogP contribution in [0.1, 0.15) is 4.88 Å². The van der Waals surface area contributed by atoms with Gasteiger partial charge in [0.15, 0.2) is 0 Å². The summed E-state index contributed by atoms with van der Waals surface area (Å²) in [5.74, 6) is 0.757. The Balaban J connectivity index is 2.05. The van der Waals surface area contributed by atoms with Gasteiger partial charge in [-0.1, -0.05) is 23.2 Å². The Kier molecular flexibility index (Phi) is 3.31. The van der Waals surface area contributed by atoms with Crippen LogP contribution in [0.15, 0.2) is 30.6 Å². The summed E-state index contributed by atoms with van der Waals surface area (Å²) in [6.45, 7) is 2.05. The van der Waals surface area contributed by atoms with Crippen LogP contribution in [0.2, 0.25) is 10.0 Å². The highest BCUT2D eigenvalue weighted by Gasteiger charge is 2.07. The van der Waals surface area contributed by atoms with Crippen LogP contribution in [0, 0.1) is 6.92 Å². The second-order valence-electron chi connectivity index (χ2n) is 4.08. The standard InChI is InChI=1S/C13H9Cl2N3S/c1-7-2-11-12(16-6-17-13(11)19-7)18-10-4-8(14)3-9(15)5-10/h2-6H,1H3,(H,16,17,18). The zero-order valence-electron chi connectivity index (χ0n) is 9.95. The Hall–Kier alpha value is -1.36. The summed E-state index contributed by atoms with van der Waals surface area (Å²) in [4.78, 5) is 10.7. The van der Waals surface area contributed by atoms with Crippen LogP contribution in [0.25, 0.3) is 10.2 Å². The topological polar surface area (TPSA) is 37.8 Å². The van der Waals surface area contributed by atoms with Crippen molar-refractivity contribution in [1.29, 1.82) is 0 Å². The van der Waals surface area contributed by atoms with Gasteiger partial charge in [-0.05, 0) is 31.2 Å². The highest BCUT2D eigenvalue weighted by Crippen LogP contribution is 2.30. The first kappa shape index (κ1) is 12.7. The van der Waals surface area contributed by atoms with E-state index in [4.69, 9.17) is 23.2 Å². The summed E-state index contributed by atoms with van der Waals surface area (Å²) in [5, 5.41) is 5.40. The maximum absolute atomic E-state index is 5.98. The van der Waals surface area contributed by atoms with Crippen molar-refractivity contribution < 1.29 is 0 Å². The molecule has 19 heavy (non-hydrogen) atoms. The minimum absolute atomic E-state index is 0.585. The summed E-state index contributed by atoms with van der Waals surface area (Å²) < 4.78 is 0. The average molecular weight is 310 g/mol. The minimum Gasteiger partial charge on any atom is -0.340 e. The molecule has 0 aliphatic heterocycles. The van der Waals surface area contributed by atoms with Gasteiger partial charge in [-0.25, -0.2) is 9.97 Å². The van der Waals surface area contributed by atoms with E-state index in [0.717, 1.165) is 21.7 Å². The molecule has 3 aromatic rings. The molecular formula is C13H9Cl2N3S. The molecule has 96 valence electrons. The highest BCUT2D eigenvalue weighted by atomic mass is 35.5. The Morgan fingerprint density at radius 1 is 1.05 bits per heavy atom. The number of benzene rings is 1. The normalized spacial score (nSPS) is 10.9. The number of aromatic nitrogens is 2. The molecule has 0 amide bonds. The second kappa shape index (κ2) is 4.96. The van der Waals surface area contributed by atoms with Crippen LogP contribution in [0.5, 0.6) is 0 Å². The molecule has 3 rings (SSSR count). The fourth-order valence-electron chi connectivity index (χ4n) is 1.84. The maximum Gasteiger partial charge on any atom is 0.142 e. The average Bonchev–Trinajstić information content (AvgIpc) is 2.69. The van der Waals surface area contributed by atoms with E-state index >= 15 is 0 Å². The molecule has 0 aliphatic carbocycles. The number of aryl methyl sites for hydroxylation is 1. The van der Waals surface area contributed by atoms with Crippen LogP contribution >= 0.6 is 34.5 Å². The minimum atomic E-state index is 0.585. The highest BCUT2D eigenvalue weighted by molar-refractivity contribution is 7.18. The number of nitrogens with one attached hydrogen (secondary N) is 1. The van der Waals surface area contributed by atoms with E-state index in [9.17, 15) is 0 Å². The molecule has 0 atom stereocenters. The van der Waals surface area contributed by atoms with Gasteiger partial charge in [-0.2, -0.15) is 0 Å². The van der Waals surface area contributed by atoms with E-state index in [0.29, 0.717) is 10.0 Å². The Bertz CT molecular complexity index is 734. The van der Waals surface area contributed by atoms with E-state index in [1.807, 2.05) is 6.92 Å². The summed E-state index contributed by atoms with van der Waals surface area (Å²) in [5.41, 5.74) is 0.807. The summed E-state index contributed by atoms with van der Waals surface area (Å²) in [6.07, 6.45) is 1.55. The molecule has 0 radical (unpaired) electrons. The van der Waals surface area contributed by atoms with Gasteiger partial charge in [0, 0.05) is 20.6 Å². The molecule has 0 fully saturated rings. The number of rotatable bonds is 2. The van der Waals surface area contributed by atoms with Gasteiger partial charge in [0.05, 0.1) is 5.39 Å². The number of nitrogens with zero attached hydrogens (tertiary/aromatic N) is 2. The molecule has 0 saturated carbocycles. The SMILES string of the molecule is Cc1cc2c(Nc3cc(Cl)cc(Cl)c3)ncnc2s1. The van der Waals surface area contributed by atoms with Crippen molar-refractivity contribution in [2.24, 2.45) is 0 Å². The summed E-state index contributed by atoms with van der Waals surface area (Å²) in [6, 6.07) is 7.37. The van der Waals surface area contributed by atoms with Crippen molar-refractivity contribution in [3.8, 4) is 0 Å². The zero-order chi connectivity index (χ0) is 13.4. The monoisotopic (exact) mass is 309 g/mol. The third-order valence-corrected chi connectivity index (χ3v) is 3.97. The van der Waals surface area contributed by atoms with Gasteiger partial charge in [-0.3, -0.25) is 0 Å². The third kappa shape index (κ3) is 2.66. The van der Waals surface area contributed by atoms with Gasteiger partial charge < -0.3 is 5.32 Å². The maximum atomic E-state index is 5.98. The lowest BCUT2D eigenvalue weighted by atomic mass is 10.3. The molecular weight excluding hydrogens is 301 g/mol. The van der Waals surface area contributed by atoms with E-state index in [2.05, 4.69) is 21.4 Å². The van der Waals surface area contributed by atoms with Gasteiger partial charge in [0.1, 0.15) is 17.0 Å². The Morgan fingerprint density at radius 3 is 2.53 bits per heavy atom. The Morgan fingerprint density at radius 2 is 1.79 bits per heavy atom. The van der Waals surface area contributed by atoms with Crippen molar-refractivity contribution in [2.75, 3.05) is 5.32 Å². The molecule has 0 spiro atoms. The van der Waals surface area contributed by atoms with Crippen LogP contribution in [-0.4, -0.2) is 9.97 Å². The number of fused-ring (bicyclic) bond motifs is 1. The van der Waals surface area contributed by atoms with Crippen molar-refractivity contribution >= 4 is 56.3 Å². The molecule has 0 aliphatic rings. The summed E-state index contributed by atoms with van der Waals surface area (Å²) in [7, 11) is 0. The molecule has 3 nitrogen and oxygen atoms in total. The fourth-order valence-corrected chi connectivity index (χ4v) is 3.21. The molecule has 1 N–H and O–H groups in total. The van der Waals surface area contributed by atoms with E-state index in [1.165, 1.54) is 4.88 Å². The van der Waals surface area contributed by atoms with Crippen LogP contribution in [0.3, 0.4) is 0 Å². The van der Waals surface area contributed by atoms with Gasteiger partial charge in [0.25, 0.3) is 0 Å². The number of anilines is 2. The van der Waals surface area contributed by atoms with Crippen molar-refractivity contribution in [3.05, 3.63) is 45.5 Å². The number of hydrogen-bond acceptors (Lipinski definition) is 4. The van der Waals surface area contributed by atoms with Crippen LogP contribution in [-0.2, 0) is 0 Å². The fraction of sp³-hybridized carbons (Fsp3) is 0.0769. The van der Waals surface area contributed by atoms with Crippen molar-refractivity contribution in [2.45, 2.75) is 6.92 Å². The first-order valence-corrected chi connectivity index (χ1v) is 7.13. The van der Waals surface area contributed by atoms with Gasteiger partial charge in [0.2, 0.25) is 0 Å². The van der Waals surface area contributed by atoms with E-state index in [-0.39, 0.29) is 0 Å². The predicted octanol–water partition coefficient (Wildman–Crippen LogP) is 5.05. The molecule has 0 unspecified atom stereocenters. The number of thiophene rings is 1. The lowest BCUT2D eigenvalue weighted by Gasteiger charge is -2.07. The quantitative estimate of drug-likeness (QED) is 0.719. The van der Waals surface area contributed by atoms with Crippen molar-refractivity contribution in [1.82, 2.24) is 9.97 Å². The molecule has 0 saturated heterocycles. The summed E-state index contributed by atoms with van der Waals surface area (Å²) >= 11 is 13.6. The number of halogens is 2. The van der Waals surface area contributed by atoms with Gasteiger partial charge >= 0.3 is 0 Å². The molecule has 2 aromatic heterocycles. The van der Waals surface area contributed by atoms with Gasteiger partial charge in [-0.15, -0.1) is 11.3 Å². The smallest absolute Gasteiger partial charge is 0.142 e. The van der Waals surface area contributed by atoms with Crippen LogP contribution < -0.4 is 5.32 Å². The first-order chi connectivity index (χ1) is 9.11. The lowest BCUT2D eigenvalue weighted by molar-refractivity contribution is 1.23. The first-order valence-electron chi connectivity index (χ1n) is 5.56. The molecule has 6 heteroatoms. The predicted molar refractivity (Wildman–Crippen MR) is 81.9 cm³/mol. The van der Waals surface area contributed by atoms with Crippen LogP contribution in [0.4, 0.5) is 11.5 Å². The van der Waals surface area contributed by atoms with E-state index in [1.54, 1.807) is 35.9 Å². The number of hydrogen-bond donors (Lipinski definition) is 1. The molecule has 0 bridgehead atoms. The second-order valence-corrected chi connectivity index (χ2v) is 6.19. The van der Waals surface area contributed by atoms with E-state index < -0.39 is 0 Å². The molecule has 2 heterocycles. The largest absolute Gasteiger partial charge is 0.340 e. The lowest BCUT2D eigenvalue weighted by Crippen LogP contribution is -1.94. The zero-order valence-corrected chi connectivity index (χ0v) is 12.3. The van der Waals surface area contributed by atoms with Crippen molar-refractivity contribution in [3.63, 3.8) is 0 Å². The Labute approximate surface area is 124 Å².